The van der Waals surface area contributed by atoms with Crippen molar-refractivity contribution in [3.8, 4) is 11.8 Å². The average molecular weight is 383 g/mol. The first-order chi connectivity index (χ1) is 13.1. The van der Waals surface area contributed by atoms with Crippen molar-refractivity contribution in [3.63, 3.8) is 0 Å². The maximum atomic E-state index is 12.6. The average Bonchev–Trinajstić information content (AvgIpc) is 3.14. The van der Waals surface area contributed by atoms with Gasteiger partial charge in [0.1, 0.15) is 11.6 Å². The molecule has 1 aromatic carbocycles. The number of carbonyl (C=O) groups excluding carboxylic acids is 2. The van der Waals surface area contributed by atoms with Gasteiger partial charge >= 0.3 is 5.97 Å². The molecule has 2 N–H and O–H groups in total. The summed E-state index contributed by atoms with van der Waals surface area (Å²) in [6.45, 7) is 7.87. The molecule has 0 radical (unpaired) electrons. The Kier molecular flexibility index (Phi) is 5.05. The minimum atomic E-state index is -1.11. The summed E-state index contributed by atoms with van der Waals surface area (Å²) in [5.41, 5.74) is -0.728. The number of rotatable bonds is 3. The molecule has 2 aliphatic rings. The monoisotopic (exact) mass is 383 g/mol. The first kappa shape index (κ1) is 20.4. The number of methoxy groups -OCH3 is 1. The zero-order valence-corrected chi connectivity index (χ0v) is 17.3. The van der Waals surface area contributed by atoms with Gasteiger partial charge in [-0.05, 0) is 44.2 Å². The van der Waals surface area contributed by atoms with Gasteiger partial charge in [-0.1, -0.05) is 44.7 Å². The van der Waals surface area contributed by atoms with E-state index in [-0.39, 0.29) is 10.8 Å². The van der Waals surface area contributed by atoms with Crippen molar-refractivity contribution in [1.82, 2.24) is 5.32 Å². The standard InChI is InChI=1S/C23H29NO4/c1-15(20(26)28-5)24-19(25)18-9-7-6-8-16(18)10-13-23(27)21(2,3)17-11-12-22(23,4)14-17/h6-9,15,17,27H,11-12,14H2,1-5H3,(H,24,25)/t15-,17?,22?,23?/m0/s1. The Hall–Kier alpha value is -2.32. The van der Waals surface area contributed by atoms with E-state index in [0.717, 1.165) is 19.3 Å². The molecule has 2 aliphatic carbocycles. The van der Waals surface area contributed by atoms with Crippen molar-refractivity contribution < 1.29 is 19.4 Å². The van der Waals surface area contributed by atoms with Gasteiger partial charge in [-0.2, -0.15) is 0 Å². The maximum absolute atomic E-state index is 12.6. The lowest BCUT2D eigenvalue weighted by Gasteiger charge is -2.47. The molecule has 2 fully saturated rings. The van der Waals surface area contributed by atoms with Crippen LogP contribution in [0, 0.1) is 28.6 Å². The topological polar surface area (TPSA) is 75.6 Å². The van der Waals surface area contributed by atoms with Gasteiger partial charge in [0.2, 0.25) is 0 Å². The van der Waals surface area contributed by atoms with Gasteiger partial charge in [0.05, 0.1) is 12.7 Å². The van der Waals surface area contributed by atoms with Crippen molar-refractivity contribution in [1.29, 1.82) is 0 Å². The van der Waals surface area contributed by atoms with Gasteiger partial charge in [-0.25, -0.2) is 4.79 Å². The normalized spacial score (nSPS) is 30.9. The zero-order valence-electron chi connectivity index (χ0n) is 17.3. The summed E-state index contributed by atoms with van der Waals surface area (Å²) >= 11 is 0. The Labute approximate surface area is 166 Å². The lowest BCUT2D eigenvalue weighted by atomic mass is 9.60. The number of esters is 1. The van der Waals surface area contributed by atoms with E-state index in [1.54, 1.807) is 25.1 Å². The van der Waals surface area contributed by atoms with Crippen LogP contribution in [0.2, 0.25) is 0 Å². The third kappa shape index (κ3) is 3.00. The van der Waals surface area contributed by atoms with E-state index < -0.39 is 23.5 Å². The minimum absolute atomic E-state index is 0.231. The molecule has 5 nitrogen and oxygen atoms in total. The molecule has 3 rings (SSSR count). The molecule has 1 amide bonds. The predicted molar refractivity (Wildman–Crippen MR) is 106 cm³/mol. The highest BCUT2D eigenvalue weighted by Gasteiger charge is 2.68. The van der Waals surface area contributed by atoms with Crippen molar-refractivity contribution in [2.24, 2.45) is 16.7 Å². The Morgan fingerprint density at radius 1 is 1.29 bits per heavy atom. The number of nitrogens with one attached hydrogen (secondary N) is 1. The predicted octanol–water partition coefficient (Wildman–Crippen LogP) is 2.91. The van der Waals surface area contributed by atoms with E-state index >= 15 is 0 Å². The SMILES string of the molecule is COC(=O)[C@H](C)NC(=O)c1ccccc1C#CC1(O)C2(C)CCC(C2)C1(C)C. The smallest absolute Gasteiger partial charge is 0.328 e. The Morgan fingerprint density at radius 2 is 1.96 bits per heavy atom. The Bertz CT molecular complexity index is 858. The lowest BCUT2D eigenvalue weighted by Crippen LogP contribution is -2.53. The summed E-state index contributed by atoms with van der Waals surface area (Å²) in [5, 5.41) is 14.2. The van der Waals surface area contributed by atoms with Crippen molar-refractivity contribution >= 4 is 11.9 Å². The summed E-state index contributed by atoms with van der Waals surface area (Å²) in [5.74, 6) is 5.78. The molecule has 2 saturated carbocycles. The van der Waals surface area contributed by atoms with Crippen LogP contribution in [0.3, 0.4) is 0 Å². The molecular weight excluding hydrogens is 354 g/mol. The highest BCUT2D eigenvalue weighted by molar-refractivity contribution is 5.98. The molecule has 0 aliphatic heterocycles. The van der Waals surface area contributed by atoms with Crippen LogP contribution in [0.1, 0.15) is 62.9 Å². The lowest BCUT2D eigenvalue weighted by molar-refractivity contribution is -0.142. The quantitative estimate of drug-likeness (QED) is 0.622. The van der Waals surface area contributed by atoms with Crippen molar-refractivity contribution in [2.45, 2.75) is 58.6 Å². The van der Waals surface area contributed by atoms with Crippen molar-refractivity contribution in [2.75, 3.05) is 7.11 Å². The second-order valence-electron chi connectivity index (χ2n) is 8.95. The first-order valence-corrected chi connectivity index (χ1v) is 9.79. The molecule has 2 bridgehead atoms. The summed E-state index contributed by atoms with van der Waals surface area (Å²) in [6.07, 6.45) is 3.06. The highest BCUT2D eigenvalue weighted by atomic mass is 16.5. The largest absolute Gasteiger partial charge is 0.467 e. The van der Waals surface area contributed by atoms with Gasteiger partial charge in [-0.15, -0.1) is 0 Å². The van der Waals surface area contributed by atoms with Crippen LogP contribution < -0.4 is 5.32 Å². The number of amides is 1. The summed E-state index contributed by atoms with van der Waals surface area (Å²) < 4.78 is 4.65. The van der Waals surface area contributed by atoms with E-state index in [0.29, 0.717) is 17.0 Å². The summed E-state index contributed by atoms with van der Waals surface area (Å²) in [4.78, 5) is 24.2. The number of benzene rings is 1. The van der Waals surface area contributed by atoms with E-state index in [9.17, 15) is 14.7 Å². The second kappa shape index (κ2) is 6.93. The highest BCUT2D eigenvalue weighted by Crippen LogP contribution is 2.67. The number of hydrogen-bond donors (Lipinski definition) is 2. The molecule has 0 saturated heterocycles. The first-order valence-electron chi connectivity index (χ1n) is 9.79. The third-order valence-electron chi connectivity index (χ3n) is 7.02. The number of hydrogen-bond acceptors (Lipinski definition) is 4. The van der Waals surface area contributed by atoms with Gasteiger partial charge in [-0.3, -0.25) is 4.79 Å². The van der Waals surface area contributed by atoms with E-state index in [1.165, 1.54) is 7.11 Å². The number of aliphatic hydroxyl groups is 1. The van der Waals surface area contributed by atoms with Gasteiger partial charge in [0.15, 0.2) is 0 Å². The van der Waals surface area contributed by atoms with Crippen LogP contribution in [-0.2, 0) is 9.53 Å². The molecule has 5 heteroatoms. The molecule has 0 heterocycles. The number of carbonyl (C=O) groups is 2. The zero-order chi connectivity index (χ0) is 20.7. The number of ether oxygens (including phenoxy) is 1. The second-order valence-corrected chi connectivity index (χ2v) is 8.95. The Morgan fingerprint density at radius 3 is 2.57 bits per heavy atom. The van der Waals surface area contributed by atoms with Crippen LogP contribution in [0.4, 0.5) is 0 Å². The van der Waals surface area contributed by atoms with Gasteiger partial charge in [0.25, 0.3) is 5.91 Å². The van der Waals surface area contributed by atoms with Gasteiger partial charge < -0.3 is 15.2 Å². The molecule has 0 aromatic heterocycles. The molecule has 150 valence electrons. The fourth-order valence-electron chi connectivity index (χ4n) is 5.03. The van der Waals surface area contributed by atoms with Crippen molar-refractivity contribution in [3.05, 3.63) is 35.4 Å². The summed E-state index contributed by atoms with van der Waals surface area (Å²) in [7, 11) is 1.28. The summed E-state index contributed by atoms with van der Waals surface area (Å²) in [6, 6.07) is 6.23. The van der Waals surface area contributed by atoms with E-state index in [4.69, 9.17) is 0 Å². The van der Waals surface area contributed by atoms with Crippen LogP contribution >= 0.6 is 0 Å². The van der Waals surface area contributed by atoms with Crippen LogP contribution in [0.5, 0.6) is 0 Å². The maximum Gasteiger partial charge on any atom is 0.328 e. The van der Waals surface area contributed by atoms with Gasteiger partial charge in [0, 0.05) is 16.4 Å². The molecule has 28 heavy (non-hydrogen) atoms. The molecular formula is C23H29NO4. The molecule has 1 aromatic rings. The molecule has 3 unspecified atom stereocenters. The van der Waals surface area contributed by atoms with Crippen LogP contribution in [0.15, 0.2) is 24.3 Å². The Balaban J connectivity index is 1.92. The number of fused-ring (bicyclic) bond motifs is 2. The molecule has 4 atom stereocenters. The van der Waals surface area contributed by atoms with E-state index in [1.807, 2.05) is 6.07 Å². The minimum Gasteiger partial charge on any atom is -0.467 e. The van der Waals surface area contributed by atoms with E-state index in [2.05, 4.69) is 42.7 Å². The van der Waals surface area contributed by atoms with Crippen LogP contribution in [0.25, 0.3) is 0 Å². The van der Waals surface area contributed by atoms with Crippen LogP contribution in [-0.4, -0.2) is 35.7 Å². The fourth-order valence-corrected chi connectivity index (χ4v) is 5.03. The fraction of sp³-hybridized carbons (Fsp3) is 0.565. The molecule has 0 spiro atoms. The third-order valence-corrected chi connectivity index (χ3v) is 7.02.